The van der Waals surface area contributed by atoms with Gasteiger partial charge in [-0.05, 0) is 31.0 Å². The Kier molecular flexibility index (Phi) is 6.67. The van der Waals surface area contributed by atoms with E-state index in [2.05, 4.69) is 10.4 Å². The van der Waals surface area contributed by atoms with Crippen molar-refractivity contribution in [3.05, 3.63) is 87.7 Å². The Balaban J connectivity index is 1.58. The fraction of sp³-hybridized carbons (Fsp3) is 0.227. The molecular formula is C22H22ClN3O3. The summed E-state index contributed by atoms with van der Waals surface area (Å²) >= 11 is 6.06. The van der Waals surface area contributed by atoms with Crippen molar-refractivity contribution < 1.29 is 14.3 Å². The molecule has 6 nitrogen and oxygen atoms in total. The van der Waals surface area contributed by atoms with Crippen molar-refractivity contribution >= 4 is 23.5 Å². The van der Waals surface area contributed by atoms with Gasteiger partial charge < -0.3 is 10.1 Å². The number of hydrogen-bond acceptors (Lipinski definition) is 4. The van der Waals surface area contributed by atoms with E-state index in [1.807, 2.05) is 55.5 Å². The zero-order valence-electron chi connectivity index (χ0n) is 16.3. The number of amides is 1. The smallest absolute Gasteiger partial charge is 0.342 e. The average Bonchev–Trinajstić information content (AvgIpc) is 2.99. The van der Waals surface area contributed by atoms with Gasteiger partial charge in [0, 0.05) is 11.6 Å². The maximum atomic E-state index is 12.5. The lowest BCUT2D eigenvalue weighted by Crippen LogP contribution is -2.28. The summed E-state index contributed by atoms with van der Waals surface area (Å²) in [6.45, 7) is 4.02. The van der Waals surface area contributed by atoms with Crippen LogP contribution in [0.3, 0.4) is 0 Å². The predicted molar refractivity (Wildman–Crippen MR) is 111 cm³/mol. The van der Waals surface area contributed by atoms with E-state index in [0.717, 1.165) is 11.1 Å². The number of aryl methyl sites for hydroxylation is 1. The van der Waals surface area contributed by atoms with E-state index in [1.165, 1.54) is 0 Å². The minimum Gasteiger partial charge on any atom is -0.452 e. The zero-order chi connectivity index (χ0) is 20.8. The van der Waals surface area contributed by atoms with Gasteiger partial charge in [0.05, 0.1) is 17.9 Å². The molecule has 0 saturated carbocycles. The molecule has 1 aromatic heterocycles. The summed E-state index contributed by atoms with van der Waals surface area (Å²) in [6.07, 6.45) is 0. The highest BCUT2D eigenvalue weighted by Gasteiger charge is 2.21. The SMILES string of the molecule is Cc1nn(Cc2ccccc2)c(C)c1C(=O)OCC(=O)NCc1ccccc1Cl. The molecule has 0 spiro atoms. The van der Waals surface area contributed by atoms with Gasteiger partial charge in [-0.25, -0.2) is 4.79 Å². The van der Waals surface area contributed by atoms with Crippen LogP contribution in [0.1, 0.15) is 32.9 Å². The van der Waals surface area contributed by atoms with Gasteiger partial charge in [0.2, 0.25) is 0 Å². The van der Waals surface area contributed by atoms with E-state index in [9.17, 15) is 9.59 Å². The molecule has 0 unspecified atom stereocenters. The maximum absolute atomic E-state index is 12.5. The average molecular weight is 412 g/mol. The van der Waals surface area contributed by atoms with Crippen LogP contribution >= 0.6 is 11.6 Å². The highest BCUT2D eigenvalue weighted by atomic mass is 35.5. The summed E-state index contributed by atoms with van der Waals surface area (Å²) in [7, 11) is 0. The molecule has 1 amide bonds. The molecule has 0 aliphatic carbocycles. The molecule has 1 heterocycles. The van der Waals surface area contributed by atoms with Crippen molar-refractivity contribution in [2.45, 2.75) is 26.9 Å². The molecule has 29 heavy (non-hydrogen) atoms. The second-order valence-electron chi connectivity index (χ2n) is 6.63. The van der Waals surface area contributed by atoms with E-state index >= 15 is 0 Å². The van der Waals surface area contributed by atoms with Crippen molar-refractivity contribution in [1.82, 2.24) is 15.1 Å². The Bertz CT molecular complexity index is 1020. The molecule has 2 aromatic carbocycles. The zero-order valence-corrected chi connectivity index (χ0v) is 17.1. The second kappa shape index (κ2) is 9.39. The van der Waals surface area contributed by atoms with E-state index in [-0.39, 0.29) is 13.2 Å². The molecule has 150 valence electrons. The van der Waals surface area contributed by atoms with Crippen molar-refractivity contribution in [2.75, 3.05) is 6.61 Å². The highest BCUT2D eigenvalue weighted by molar-refractivity contribution is 6.31. The van der Waals surface area contributed by atoms with E-state index in [0.29, 0.717) is 28.5 Å². The number of benzene rings is 2. The van der Waals surface area contributed by atoms with Crippen LogP contribution in [-0.2, 0) is 22.6 Å². The van der Waals surface area contributed by atoms with Crippen molar-refractivity contribution in [1.29, 1.82) is 0 Å². The lowest BCUT2D eigenvalue weighted by molar-refractivity contribution is -0.124. The van der Waals surface area contributed by atoms with Gasteiger partial charge in [0.15, 0.2) is 6.61 Å². The van der Waals surface area contributed by atoms with Gasteiger partial charge >= 0.3 is 5.97 Å². The van der Waals surface area contributed by atoms with Crippen LogP contribution in [0, 0.1) is 13.8 Å². The van der Waals surface area contributed by atoms with Gasteiger partial charge in [-0.3, -0.25) is 9.48 Å². The van der Waals surface area contributed by atoms with Gasteiger partial charge in [0.1, 0.15) is 5.56 Å². The van der Waals surface area contributed by atoms with E-state index in [4.69, 9.17) is 16.3 Å². The molecule has 3 rings (SSSR count). The van der Waals surface area contributed by atoms with Crippen LogP contribution in [0.25, 0.3) is 0 Å². The monoisotopic (exact) mass is 411 g/mol. The summed E-state index contributed by atoms with van der Waals surface area (Å²) in [6, 6.07) is 17.1. The number of carbonyl (C=O) groups excluding carboxylic acids is 2. The summed E-state index contributed by atoms with van der Waals surface area (Å²) in [5.41, 5.74) is 3.53. The van der Waals surface area contributed by atoms with E-state index < -0.39 is 11.9 Å². The second-order valence-corrected chi connectivity index (χ2v) is 7.04. The van der Waals surface area contributed by atoms with Gasteiger partial charge in [-0.1, -0.05) is 60.1 Å². The quantitative estimate of drug-likeness (QED) is 0.602. The minimum absolute atomic E-state index is 0.267. The Morgan fingerprint density at radius 2 is 1.76 bits per heavy atom. The topological polar surface area (TPSA) is 73.2 Å². The first-order valence-electron chi connectivity index (χ1n) is 9.21. The Hall–Kier alpha value is -3.12. The normalized spacial score (nSPS) is 10.6. The fourth-order valence-corrected chi connectivity index (χ4v) is 3.20. The first kappa shape index (κ1) is 20.6. The largest absolute Gasteiger partial charge is 0.452 e. The summed E-state index contributed by atoms with van der Waals surface area (Å²) < 4.78 is 6.96. The standard InChI is InChI=1S/C22H22ClN3O3/c1-15-21(16(2)26(25-15)13-17-8-4-3-5-9-17)22(28)29-14-20(27)24-12-18-10-6-7-11-19(18)23/h3-11H,12-14H2,1-2H3,(H,24,27). The molecule has 3 aromatic rings. The number of nitrogens with one attached hydrogen (secondary N) is 1. The molecular weight excluding hydrogens is 390 g/mol. The number of carbonyl (C=O) groups is 2. The third kappa shape index (κ3) is 5.23. The molecule has 0 radical (unpaired) electrons. The van der Waals surface area contributed by atoms with Gasteiger partial charge in [-0.2, -0.15) is 5.10 Å². The van der Waals surface area contributed by atoms with Crippen molar-refractivity contribution in [2.24, 2.45) is 0 Å². The lowest BCUT2D eigenvalue weighted by Gasteiger charge is -2.08. The maximum Gasteiger partial charge on any atom is 0.342 e. The van der Waals surface area contributed by atoms with Crippen molar-refractivity contribution in [3.8, 4) is 0 Å². The third-order valence-corrected chi connectivity index (χ3v) is 4.90. The molecule has 7 heteroatoms. The van der Waals surface area contributed by atoms with E-state index in [1.54, 1.807) is 17.7 Å². The highest BCUT2D eigenvalue weighted by Crippen LogP contribution is 2.16. The molecule has 0 atom stereocenters. The Morgan fingerprint density at radius 1 is 1.07 bits per heavy atom. The van der Waals surface area contributed by atoms with Crippen molar-refractivity contribution in [3.63, 3.8) is 0 Å². The number of esters is 1. The third-order valence-electron chi connectivity index (χ3n) is 4.53. The molecule has 0 aliphatic heterocycles. The summed E-state index contributed by atoms with van der Waals surface area (Å²) in [5, 5.41) is 7.70. The first-order chi connectivity index (χ1) is 14.0. The molecule has 0 fully saturated rings. The number of aromatic nitrogens is 2. The lowest BCUT2D eigenvalue weighted by atomic mass is 10.2. The number of nitrogens with zero attached hydrogens (tertiary/aromatic N) is 2. The molecule has 1 N–H and O–H groups in total. The van der Waals surface area contributed by atoms with Crippen LogP contribution in [-0.4, -0.2) is 28.3 Å². The summed E-state index contributed by atoms with van der Waals surface area (Å²) in [5.74, 6) is -0.961. The molecule has 0 bridgehead atoms. The number of ether oxygens (including phenoxy) is 1. The predicted octanol–water partition coefficient (Wildman–Crippen LogP) is 3.67. The Morgan fingerprint density at radius 3 is 2.48 bits per heavy atom. The van der Waals surface area contributed by atoms with Crippen LogP contribution in [0.15, 0.2) is 54.6 Å². The molecule has 0 saturated heterocycles. The number of rotatable bonds is 7. The van der Waals surface area contributed by atoms with Crippen LogP contribution in [0.2, 0.25) is 5.02 Å². The number of hydrogen-bond donors (Lipinski definition) is 1. The van der Waals surface area contributed by atoms with Crippen LogP contribution in [0.4, 0.5) is 0 Å². The van der Waals surface area contributed by atoms with Crippen LogP contribution in [0.5, 0.6) is 0 Å². The first-order valence-corrected chi connectivity index (χ1v) is 9.58. The molecule has 0 aliphatic rings. The van der Waals surface area contributed by atoms with Gasteiger partial charge in [-0.15, -0.1) is 0 Å². The Labute approximate surface area is 174 Å². The van der Waals surface area contributed by atoms with Gasteiger partial charge in [0.25, 0.3) is 5.91 Å². The number of halogens is 1. The van der Waals surface area contributed by atoms with Crippen LogP contribution < -0.4 is 5.32 Å². The minimum atomic E-state index is -0.563. The fourth-order valence-electron chi connectivity index (χ4n) is 2.99. The summed E-state index contributed by atoms with van der Waals surface area (Å²) in [4.78, 5) is 24.5.